The second-order valence-electron chi connectivity index (χ2n) is 9.87. The number of fused-ring (bicyclic) bond motifs is 1. The summed E-state index contributed by atoms with van der Waals surface area (Å²) < 4.78 is 17.2. The highest BCUT2D eigenvalue weighted by Crippen LogP contribution is 2.31. The lowest BCUT2D eigenvalue weighted by atomic mass is 9.93. The van der Waals surface area contributed by atoms with E-state index in [0.717, 1.165) is 55.5 Å². The smallest absolute Gasteiger partial charge is 0.435 e. The molecule has 1 aliphatic carbocycles. The number of amides is 1. The Hall–Kier alpha value is -2.94. The lowest BCUT2D eigenvalue weighted by Gasteiger charge is -2.31. The van der Waals surface area contributed by atoms with Crippen molar-refractivity contribution in [2.45, 2.75) is 71.1 Å². The zero-order valence-electron chi connectivity index (χ0n) is 20.5. The third-order valence-electron chi connectivity index (χ3n) is 5.90. The van der Waals surface area contributed by atoms with Crippen molar-refractivity contribution >= 4 is 28.6 Å². The van der Waals surface area contributed by atoms with Gasteiger partial charge in [-0.15, -0.1) is 0 Å². The number of anilines is 1. The Bertz CT molecular complexity index is 1020. The summed E-state index contributed by atoms with van der Waals surface area (Å²) in [6.07, 6.45) is 4.94. The number of rotatable bonds is 4. The van der Waals surface area contributed by atoms with Gasteiger partial charge in [0.15, 0.2) is 0 Å². The molecular weight excluding hydrogens is 434 g/mol. The van der Waals surface area contributed by atoms with E-state index in [1.165, 1.54) is 0 Å². The Balaban J connectivity index is 1.37. The highest BCUT2D eigenvalue weighted by molar-refractivity contribution is 5.90. The van der Waals surface area contributed by atoms with Gasteiger partial charge in [0, 0.05) is 31.4 Å². The molecule has 0 bridgehead atoms. The molecule has 34 heavy (non-hydrogen) atoms. The van der Waals surface area contributed by atoms with Gasteiger partial charge in [0.1, 0.15) is 23.4 Å². The monoisotopic (exact) mass is 469 g/mol. The Morgan fingerprint density at radius 3 is 2.65 bits per heavy atom. The number of amidine groups is 1. The molecule has 2 aromatic rings. The maximum Gasteiger partial charge on any atom is 0.435 e. The molecule has 4 rings (SSSR count). The van der Waals surface area contributed by atoms with Gasteiger partial charge in [-0.1, -0.05) is 0 Å². The first-order valence-electron chi connectivity index (χ1n) is 12.1. The minimum Gasteiger partial charge on any atom is -0.474 e. The summed E-state index contributed by atoms with van der Waals surface area (Å²) in [6.45, 7) is 10.3. The molecule has 184 valence electrons. The molecule has 1 saturated carbocycles. The maximum atomic E-state index is 11.9. The average Bonchev–Trinajstić information content (AvgIpc) is 2.79. The minimum absolute atomic E-state index is 0.0806. The second kappa shape index (κ2) is 10.5. The summed E-state index contributed by atoms with van der Waals surface area (Å²) in [6, 6.07) is 6.20. The molecule has 3 heterocycles. The van der Waals surface area contributed by atoms with Crippen LogP contribution in [0.4, 0.5) is 10.6 Å². The molecule has 1 amide bonds. The molecular formula is C25H35N5O4. The van der Waals surface area contributed by atoms with Crippen LogP contribution in [0.25, 0.3) is 10.9 Å². The number of hydrogen-bond donors (Lipinski definition) is 1. The number of carbonyl (C=O) groups is 1. The van der Waals surface area contributed by atoms with E-state index in [0.29, 0.717) is 24.9 Å². The zero-order chi connectivity index (χ0) is 24.1. The highest BCUT2D eigenvalue weighted by atomic mass is 16.6. The van der Waals surface area contributed by atoms with Gasteiger partial charge in [-0.2, -0.15) is 9.98 Å². The topological polar surface area (TPSA) is 98.2 Å². The lowest BCUT2D eigenvalue weighted by Crippen LogP contribution is -2.39. The summed E-state index contributed by atoms with van der Waals surface area (Å²) in [4.78, 5) is 27.6. The van der Waals surface area contributed by atoms with Crippen molar-refractivity contribution < 1.29 is 19.0 Å². The summed E-state index contributed by atoms with van der Waals surface area (Å²) in [5.41, 5.74) is 0.335. The van der Waals surface area contributed by atoms with Gasteiger partial charge in [0.05, 0.1) is 24.1 Å². The minimum atomic E-state index is -0.568. The summed E-state index contributed by atoms with van der Waals surface area (Å²) >= 11 is 0. The van der Waals surface area contributed by atoms with Crippen LogP contribution < -0.4 is 15.0 Å². The standard InChI is InChI=1S/C25H35N5O4/c1-17(28-24(31)34-25(2,3)4)27-18-7-9-19(10-8-18)33-23-20-6-5-11-26-21(20)16-22(29-23)30-12-14-32-15-13-30/h5-6,11,16,18-19H,7-10,12-15H2,1-4H3,(H,27,28,31)/t18-,19+. The molecule has 0 radical (unpaired) electrons. The molecule has 9 heteroatoms. The van der Waals surface area contributed by atoms with Gasteiger partial charge >= 0.3 is 6.09 Å². The number of morpholine rings is 1. The number of aliphatic imine (C=N–C) groups is 1. The van der Waals surface area contributed by atoms with E-state index in [1.807, 2.05) is 39.0 Å². The fraction of sp³-hybridized carbons (Fsp3) is 0.600. The average molecular weight is 470 g/mol. The normalized spacial score (nSPS) is 21.9. The molecule has 1 saturated heterocycles. The van der Waals surface area contributed by atoms with Crippen molar-refractivity contribution in [3.05, 3.63) is 24.4 Å². The summed E-state index contributed by atoms with van der Waals surface area (Å²) in [5, 5.41) is 4.28. The number of pyridine rings is 2. The van der Waals surface area contributed by atoms with E-state index in [2.05, 4.69) is 20.2 Å². The fourth-order valence-electron chi connectivity index (χ4n) is 4.31. The van der Waals surface area contributed by atoms with Gasteiger partial charge in [0.2, 0.25) is 5.88 Å². The van der Waals surface area contributed by atoms with Gasteiger partial charge < -0.3 is 24.4 Å². The molecule has 0 spiro atoms. The highest BCUT2D eigenvalue weighted by Gasteiger charge is 2.25. The van der Waals surface area contributed by atoms with Crippen molar-refractivity contribution in [1.82, 2.24) is 15.3 Å². The third-order valence-corrected chi connectivity index (χ3v) is 5.90. The molecule has 0 aromatic carbocycles. The molecule has 0 atom stereocenters. The Morgan fingerprint density at radius 2 is 1.94 bits per heavy atom. The molecule has 1 aliphatic heterocycles. The number of aromatic nitrogens is 2. The van der Waals surface area contributed by atoms with Crippen LogP contribution in [0.3, 0.4) is 0 Å². The molecule has 1 N–H and O–H groups in total. The Morgan fingerprint density at radius 1 is 1.21 bits per heavy atom. The van der Waals surface area contributed by atoms with Crippen molar-refractivity contribution in [3.63, 3.8) is 0 Å². The predicted octanol–water partition coefficient (Wildman–Crippen LogP) is 4.10. The van der Waals surface area contributed by atoms with E-state index in [1.54, 1.807) is 13.1 Å². The van der Waals surface area contributed by atoms with Crippen LogP contribution in [-0.2, 0) is 9.47 Å². The maximum absolute atomic E-state index is 11.9. The number of nitrogens with one attached hydrogen (secondary N) is 1. The van der Waals surface area contributed by atoms with Gasteiger partial charge in [-0.05, 0) is 65.5 Å². The molecule has 2 aromatic heterocycles. The first-order chi connectivity index (χ1) is 16.3. The van der Waals surface area contributed by atoms with E-state index in [-0.39, 0.29) is 12.1 Å². The summed E-state index contributed by atoms with van der Waals surface area (Å²) in [7, 11) is 0. The number of carbonyl (C=O) groups excluding carboxylic acids is 1. The van der Waals surface area contributed by atoms with Crippen molar-refractivity contribution in [2.75, 3.05) is 31.2 Å². The van der Waals surface area contributed by atoms with Crippen LogP contribution in [0.1, 0.15) is 53.4 Å². The number of ether oxygens (including phenoxy) is 3. The first-order valence-corrected chi connectivity index (χ1v) is 12.1. The second-order valence-corrected chi connectivity index (χ2v) is 9.87. The van der Waals surface area contributed by atoms with Crippen LogP contribution in [0.15, 0.2) is 29.4 Å². The number of nitrogens with zero attached hydrogens (tertiary/aromatic N) is 4. The van der Waals surface area contributed by atoms with Crippen LogP contribution in [-0.4, -0.2) is 65.9 Å². The van der Waals surface area contributed by atoms with Crippen LogP contribution in [0.5, 0.6) is 5.88 Å². The van der Waals surface area contributed by atoms with E-state index < -0.39 is 11.7 Å². The van der Waals surface area contributed by atoms with E-state index >= 15 is 0 Å². The Labute approximate surface area is 200 Å². The van der Waals surface area contributed by atoms with Crippen LogP contribution in [0, 0.1) is 0 Å². The van der Waals surface area contributed by atoms with Crippen LogP contribution >= 0.6 is 0 Å². The predicted molar refractivity (Wildman–Crippen MR) is 132 cm³/mol. The van der Waals surface area contributed by atoms with Crippen LogP contribution in [0.2, 0.25) is 0 Å². The van der Waals surface area contributed by atoms with Crippen molar-refractivity contribution in [2.24, 2.45) is 4.99 Å². The van der Waals surface area contributed by atoms with Gasteiger partial charge in [-0.3, -0.25) is 4.98 Å². The van der Waals surface area contributed by atoms with E-state index in [9.17, 15) is 4.79 Å². The van der Waals surface area contributed by atoms with Crippen molar-refractivity contribution in [1.29, 1.82) is 0 Å². The van der Waals surface area contributed by atoms with Gasteiger partial charge in [-0.25, -0.2) is 4.79 Å². The quantitative estimate of drug-likeness (QED) is 0.528. The lowest BCUT2D eigenvalue weighted by molar-refractivity contribution is 0.0603. The van der Waals surface area contributed by atoms with E-state index in [4.69, 9.17) is 19.2 Å². The van der Waals surface area contributed by atoms with Crippen molar-refractivity contribution in [3.8, 4) is 5.88 Å². The molecule has 9 nitrogen and oxygen atoms in total. The number of hydrogen-bond acceptors (Lipinski definition) is 7. The summed E-state index contributed by atoms with van der Waals surface area (Å²) in [5.74, 6) is 2.11. The zero-order valence-corrected chi connectivity index (χ0v) is 20.5. The largest absolute Gasteiger partial charge is 0.474 e. The fourth-order valence-corrected chi connectivity index (χ4v) is 4.31. The third kappa shape index (κ3) is 6.56. The van der Waals surface area contributed by atoms with Gasteiger partial charge in [0.25, 0.3) is 0 Å². The molecule has 2 aliphatic rings. The SMILES string of the molecule is C/C(=N\C(=O)OC(C)(C)C)N[C@H]1CC[C@@H](Oc2nc(N3CCOCC3)cc3ncccc23)CC1. The molecule has 2 fully saturated rings. The Kier molecular flexibility index (Phi) is 7.50. The molecule has 0 unspecified atom stereocenters. The first kappa shape index (κ1) is 24.2.